The third-order valence-corrected chi connectivity index (χ3v) is 5.66. The van der Waals surface area contributed by atoms with Gasteiger partial charge in [0.1, 0.15) is 0 Å². The third-order valence-electron chi connectivity index (χ3n) is 4.72. The van der Waals surface area contributed by atoms with E-state index in [0.717, 1.165) is 5.92 Å². The Morgan fingerprint density at radius 2 is 2.00 bits per heavy atom. The SMILES string of the molecule is CCC1CCCC(NC(c2ccccc2)c2cccs2)C1. The average Bonchev–Trinajstić information content (AvgIpc) is 3.08. The molecule has 3 atom stereocenters. The van der Waals surface area contributed by atoms with E-state index in [2.05, 4.69) is 60.1 Å². The number of benzene rings is 1. The van der Waals surface area contributed by atoms with E-state index in [0.29, 0.717) is 12.1 Å². The molecule has 1 saturated carbocycles. The molecule has 1 heterocycles. The van der Waals surface area contributed by atoms with Gasteiger partial charge in [-0.2, -0.15) is 0 Å². The van der Waals surface area contributed by atoms with Gasteiger partial charge in [-0.3, -0.25) is 0 Å². The topological polar surface area (TPSA) is 12.0 Å². The van der Waals surface area contributed by atoms with Crippen LogP contribution in [0, 0.1) is 5.92 Å². The second-order valence-corrected chi connectivity index (χ2v) is 7.14. The normalized spacial score (nSPS) is 23.9. The number of hydrogen-bond acceptors (Lipinski definition) is 2. The van der Waals surface area contributed by atoms with Crippen LogP contribution in [0.25, 0.3) is 0 Å². The molecule has 3 rings (SSSR count). The summed E-state index contributed by atoms with van der Waals surface area (Å²) in [4.78, 5) is 1.43. The zero-order valence-corrected chi connectivity index (χ0v) is 13.6. The zero-order valence-electron chi connectivity index (χ0n) is 12.8. The van der Waals surface area contributed by atoms with Gasteiger partial charge in [0.25, 0.3) is 0 Å². The van der Waals surface area contributed by atoms with Gasteiger partial charge in [-0.1, -0.05) is 62.6 Å². The fourth-order valence-electron chi connectivity index (χ4n) is 3.49. The molecule has 1 fully saturated rings. The van der Waals surface area contributed by atoms with Crippen molar-refractivity contribution in [2.24, 2.45) is 5.92 Å². The molecular formula is C19H25NS. The molecule has 1 nitrogen and oxygen atoms in total. The van der Waals surface area contributed by atoms with Gasteiger partial charge in [0.05, 0.1) is 6.04 Å². The van der Waals surface area contributed by atoms with Crippen molar-refractivity contribution in [1.29, 1.82) is 0 Å². The van der Waals surface area contributed by atoms with Crippen LogP contribution in [0.15, 0.2) is 47.8 Å². The van der Waals surface area contributed by atoms with Crippen LogP contribution < -0.4 is 5.32 Å². The summed E-state index contributed by atoms with van der Waals surface area (Å²) in [7, 11) is 0. The van der Waals surface area contributed by atoms with E-state index >= 15 is 0 Å². The van der Waals surface area contributed by atoms with Gasteiger partial charge in [0.2, 0.25) is 0 Å². The van der Waals surface area contributed by atoms with Crippen LogP contribution in [0.1, 0.15) is 55.5 Å². The van der Waals surface area contributed by atoms with Crippen molar-refractivity contribution in [2.75, 3.05) is 0 Å². The lowest BCUT2D eigenvalue weighted by Gasteiger charge is -2.32. The second-order valence-electron chi connectivity index (χ2n) is 6.16. The maximum Gasteiger partial charge on any atom is 0.0673 e. The zero-order chi connectivity index (χ0) is 14.5. The van der Waals surface area contributed by atoms with E-state index < -0.39 is 0 Å². The fraction of sp³-hybridized carbons (Fsp3) is 0.474. The van der Waals surface area contributed by atoms with E-state index in [-0.39, 0.29) is 0 Å². The molecule has 1 N–H and O–H groups in total. The molecule has 2 heteroatoms. The van der Waals surface area contributed by atoms with Gasteiger partial charge in [0, 0.05) is 10.9 Å². The summed E-state index contributed by atoms with van der Waals surface area (Å²) >= 11 is 1.86. The molecule has 1 aromatic carbocycles. The van der Waals surface area contributed by atoms with Crippen molar-refractivity contribution in [3.05, 3.63) is 58.3 Å². The summed E-state index contributed by atoms with van der Waals surface area (Å²) in [5.74, 6) is 0.913. The van der Waals surface area contributed by atoms with Gasteiger partial charge >= 0.3 is 0 Å². The first kappa shape index (κ1) is 14.8. The molecule has 0 bridgehead atoms. The predicted octanol–water partition coefficient (Wildman–Crippen LogP) is 5.40. The minimum atomic E-state index is 0.354. The Labute approximate surface area is 132 Å². The first-order chi connectivity index (χ1) is 10.4. The molecular weight excluding hydrogens is 274 g/mol. The van der Waals surface area contributed by atoms with Crippen molar-refractivity contribution >= 4 is 11.3 Å². The van der Waals surface area contributed by atoms with Crippen LogP contribution in [0.5, 0.6) is 0 Å². The van der Waals surface area contributed by atoms with Crippen LogP contribution >= 0.6 is 11.3 Å². The van der Waals surface area contributed by atoms with Crippen LogP contribution in [-0.4, -0.2) is 6.04 Å². The minimum Gasteiger partial charge on any atom is -0.303 e. The Kier molecular flexibility index (Phi) is 5.10. The maximum absolute atomic E-state index is 3.95. The highest BCUT2D eigenvalue weighted by atomic mass is 32.1. The van der Waals surface area contributed by atoms with Crippen LogP contribution in [-0.2, 0) is 0 Å². The lowest BCUT2D eigenvalue weighted by molar-refractivity contribution is 0.270. The number of rotatable bonds is 5. The van der Waals surface area contributed by atoms with Crippen LogP contribution in [0.4, 0.5) is 0 Å². The van der Waals surface area contributed by atoms with Crippen LogP contribution in [0.2, 0.25) is 0 Å². The molecule has 2 aromatic rings. The van der Waals surface area contributed by atoms with Gasteiger partial charge in [-0.05, 0) is 35.8 Å². The Balaban J connectivity index is 1.77. The highest BCUT2D eigenvalue weighted by Gasteiger charge is 2.24. The van der Waals surface area contributed by atoms with E-state index in [1.54, 1.807) is 0 Å². The monoisotopic (exact) mass is 299 g/mol. The summed E-state index contributed by atoms with van der Waals surface area (Å²) in [6.45, 7) is 2.33. The van der Waals surface area contributed by atoms with Gasteiger partial charge < -0.3 is 5.32 Å². The number of hydrogen-bond donors (Lipinski definition) is 1. The molecule has 112 valence electrons. The van der Waals surface area contributed by atoms with E-state index in [9.17, 15) is 0 Å². The summed E-state index contributed by atoms with van der Waals surface area (Å²) in [5, 5.41) is 6.13. The third kappa shape index (κ3) is 3.75. The average molecular weight is 299 g/mol. The first-order valence-corrected chi connectivity index (χ1v) is 9.09. The second kappa shape index (κ2) is 7.24. The van der Waals surface area contributed by atoms with Gasteiger partial charge in [-0.15, -0.1) is 11.3 Å². The molecule has 21 heavy (non-hydrogen) atoms. The minimum absolute atomic E-state index is 0.354. The van der Waals surface area contributed by atoms with Crippen molar-refractivity contribution in [3.63, 3.8) is 0 Å². The smallest absolute Gasteiger partial charge is 0.0673 e. The molecule has 3 unspecified atom stereocenters. The van der Waals surface area contributed by atoms with Crippen molar-refractivity contribution < 1.29 is 0 Å². The lowest BCUT2D eigenvalue weighted by Crippen LogP contribution is -2.37. The molecule has 0 amide bonds. The van der Waals surface area contributed by atoms with E-state index in [1.165, 1.54) is 42.5 Å². The Hall–Kier alpha value is -1.12. The predicted molar refractivity (Wildman–Crippen MR) is 91.8 cm³/mol. The highest BCUT2D eigenvalue weighted by Crippen LogP contribution is 2.31. The molecule has 0 aliphatic heterocycles. The Morgan fingerprint density at radius 3 is 2.71 bits per heavy atom. The molecule has 0 spiro atoms. The van der Waals surface area contributed by atoms with E-state index in [1.807, 2.05) is 11.3 Å². The lowest BCUT2D eigenvalue weighted by atomic mass is 9.83. The number of thiophene rings is 1. The molecule has 1 aliphatic carbocycles. The summed E-state index contributed by atoms with van der Waals surface area (Å²) in [6, 6.07) is 16.3. The van der Waals surface area contributed by atoms with Crippen molar-refractivity contribution in [2.45, 2.75) is 51.1 Å². The van der Waals surface area contributed by atoms with E-state index in [4.69, 9.17) is 0 Å². The summed E-state index contributed by atoms with van der Waals surface area (Å²) in [6.07, 6.45) is 6.79. The summed E-state index contributed by atoms with van der Waals surface area (Å²) in [5.41, 5.74) is 1.39. The Bertz CT molecular complexity index is 520. The van der Waals surface area contributed by atoms with Crippen molar-refractivity contribution in [3.8, 4) is 0 Å². The summed E-state index contributed by atoms with van der Waals surface area (Å²) < 4.78 is 0. The standard InChI is InChI=1S/C19H25NS/c1-2-15-8-6-11-17(14-15)20-19(18-12-7-13-21-18)16-9-4-3-5-10-16/h3-5,7,9-10,12-13,15,17,19-20H,2,6,8,11,14H2,1H3. The van der Waals surface area contributed by atoms with Gasteiger partial charge in [-0.25, -0.2) is 0 Å². The van der Waals surface area contributed by atoms with Crippen LogP contribution in [0.3, 0.4) is 0 Å². The van der Waals surface area contributed by atoms with Gasteiger partial charge in [0.15, 0.2) is 0 Å². The highest BCUT2D eigenvalue weighted by molar-refractivity contribution is 7.10. The maximum atomic E-state index is 3.95. The van der Waals surface area contributed by atoms with Crippen molar-refractivity contribution in [1.82, 2.24) is 5.32 Å². The number of nitrogens with one attached hydrogen (secondary N) is 1. The molecule has 0 radical (unpaired) electrons. The fourth-order valence-corrected chi connectivity index (χ4v) is 4.30. The Morgan fingerprint density at radius 1 is 1.14 bits per heavy atom. The molecule has 1 aromatic heterocycles. The quantitative estimate of drug-likeness (QED) is 0.780. The first-order valence-electron chi connectivity index (χ1n) is 8.21. The largest absolute Gasteiger partial charge is 0.303 e. The molecule has 0 saturated heterocycles. The molecule has 1 aliphatic rings.